The summed E-state index contributed by atoms with van der Waals surface area (Å²) in [5.41, 5.74) is 0. The summed E-state index contributed by atoms with van der Waals surface area (Å²) in [5.74, 6) is 1.88. The third-order valence-corrected chi connectivity index (χ3v) is 4.29. The average molecular weight is 225 g/mol. The molecule has 1 rings (SSSR count). The highest BCUT2D eigenvalue weighted by molar-refractivity contribution is 4.77. The molecular formula is C15H31N. The van der Waals surface area contributed by atoms with E-state index in [4.69, 9.17) is 0 Å². The summed E-state index contributed by atoms with van der Waals surface area (Å²) < 4.78 is 0. The van der Waals surface area contributed by atoms with Gasteiger partial charge in [-0.05, 0) is 57.0 Å². The number of piperidine rings is 1. The number of hydrogen-bond donors (Lipinski definition) is 0. The first kappa shape index (κ1) is 14.0. The van der Waals surface area contributed by atoms with Crippen molar-refractivity contribution in [3.63, 3.8) is 0 Å². The monoisotopic (exact) mass is 225 g/mol. The number of likely N-dealkylation sites (tertiary alicyclic amines) is 1. The Labute approximate surface area is 103 Å². The van der Waals surface area contributed by atoms with Gasteiger partial charge in [0.05, 0.1) is 0 Å². The van der Waals surface area contributed by atoms with Crippen LogP contribution < -0.4 is 0 Å². The topological polar surface area (TPSA) is 3.24 Å². The number of rotatable bonds is 6. The van der Waals surface area contributed by atoms with Gasteiger partial charge >= 0.3 is 0 Å². The van der Waals surface area contributed by atoms with E-state index in [1.54, 1.807) is 0 Å². The largest absolute Gasteiger partial charge is 0.300 e. The van der Waals surface area contributed by atoms with E-state index in [1.165, 1.54) is 51.6 Å². The van der Waals surface area contributed by atoms with Crippen LogP contribution in [0.2, 0.25) is 0 Å². The molecule has 1 unspecified atom stereocenters. The molecule has 0 aromatic heterocycles. The Morgan fingerprint density at radius 3 is 2.12 bits per heavy atom. The summed E-state index contributed by atoms with van der Waals surface area (Å²) in [5, 5.41) is 0. The molecule has 0 aromatic rings. The first-order chi connectivity index (χ1) is 7.67. The van der Waals surface area contributed by atoms with E-state index in [9.17, 15) is 0 Å². The fourth-order valence-corrected chi connectivity index (χ4v) is 2.90. The Hall–Kier alpha value is -0.0400. The lowest BCUT2D eigenvalue weighted by atomic mass is 9.92. The molecule has 0 N–H and O–H groups in total. The normalized spacial score (nSPS) is 21.6. The summed E-state index contributed by atoms with van der Waals surface area (Å²) >= 11 is 0. The van der Waals surface area contributed by atoms with Crippen LogP contribution in [-0.4, -0.2) is 24.0 Å². The van der Waals surface area contributed by atoms with Crippen LogP contribution >= 0.6 is 0 Å². The van der Waals surface area contributed by atoms with Gasteiger partial charge in [0, 0.05) is 6.04 Å². The molecule has 1 heteroatoms. The van der Waals surface area contributed by atoms with Gasteiger partial charge in [-0.15, -0.1) is 0 Å². The minimum absolute atomic E-state index is 0.861. The van der Waals surface area contributed by atoms with Crippen LogP contribution in [0, 0.1) is 11.8 Å². The molecule has 96 valence electrons. The Balaban J connectivity index is 2.31. The van der Waals surface area contributed by atoms with Gasteiger partial charge in [-0.3, -0.25) is 0 Å². The molecule has 1 atom stereocenters. The molecule has 0 bridgehead atoms. The van der Waals surface area contributed by atoms with Gasteiger partial charge in [0.2, 0.25) is 0 Å². The SMILES string of the molecule is CCC1CCN(C(CC)CCC(C)C)CC1. The van der Waals surface area contributed by atoms with Gasteiger partial charge in [0.25, 0.3) is 0 Å². The van der Waals surface area contributed by atoms with Crippen molar-refractivity contribution < 1.29 is 0 Å². The maximum Gasteiger partial charge on any atom is 0.00927 e. The first-order valence-corrected chi connectivity index (χ1v) is 7.41. The zero-order valence-electron chi connectivity index (χ0n) is 11.8. The van der Waals surface area contributed by atoms with Gasteiger partial charge in [0.15, 0.2) is 0 Å². The van der Waals surface area contributed by atoms with E-state index in [-0.39, 0.29) is 0 Å². The molecular weight excluding hydrogens is 194 g/mol. The van der Waals surface area contributed by atoms with E-state index < -0.39 is 0 Å². The van der Waals surface area contributed by atoms with Gasteiger partial charge in [0.1, 0.15) is 0 Å². The molecule has 1 fully saturated rings. The van der Waals surface area contributed by atoms with Crippen molar-refractivity contribution in [1.82, 2.24) is 4.90 Å². The quantitative estimate of drug-likeness (QED) is 0.650. The van der Waals surface area contributed by atoms with Crippen LogP contribution in [-0.2, 0) is 0 Å². The summed E-state index contributed by atoms with van der Waals surface area (Å²) in [7, 11) is 0. The van der Waals surface area contributed by atoms with Crippen molar-refractivity contribution in [1.29, 1.82) is 0 Å². The highest BCUT2D eigenvalue weighted by Crippen LogP contribution is 2.24. The molecule has 1 aliphatic heterocycles. The van der Waals surface area contributed by atoms with Crippen molar-refractivity contribution in [3.8, 4) is 0 Å². The zero-order valence-corrected chi connectivity index (χ0v) is 11.8. The molecule has 0 aliphatic carbocycles. The third kappa shape index (κ3) is 4.45. The molecule has 1 nitrogen and oxygen atoms in total. The molecule has 1 heterocycles. The molecule has 0 radical (unpaired) electrons. The summed E-state index contributed by atoms with van der Waals surface area (Å²) in [6, 6.07) is 0.861. The van der Waals surface area contributed by atoms with Crippen molar-refractivity contribution in [2.75, 3.05) is 13.1 Å². The predicted octanol–water partition coefficient (Wildman–Crippen LogP) is 4.32. The van der Waals surface area contributed by atoms with Crippen molar-refractivity contribution in [2.45, 2.75) is 72.3 Å². The second-order valence-electron chi connectivity index (χ2n) is 5.92. The zero-order chi connectivity index (χ0) is 12.0. The van der Waals surface area contributed by atoms with Crippen LogP contribution in [0.4, 0.5) is 0 Å². The predicted molar refractivity (Wildman–Crippen MR) is 72.7 cm³/mol. The van der Waals surface area contributed by atoms with Crippen molar-refractivity contribution >= 4 is 0 Å². The van der Waals surface area contributed by atoms with Crippen LogP contribution in [0.3, 0.4) is 0 Å². The molecule has 0 aromatic carbocycles. The highest BCUT2D eigenvalue weighted by Gasteiger charge is 2.22. The van der Waals surface area contributed by atoms with E-state index in [0.717, 1.165) is 17.9 Å². The Morgan fingerprint density at radius 1 is 1.06 bits per heavy atom. The van der Waals surface area contributed by atoms with Gasteiger partial charge in [-0.25, -0.2) is 0 Å². The van der Waals surface area contributed by atoms with Crippen molar-refractivity contribution in [3.05, 3.63) is 0 Å². The number of hydrogen-bond acceptors (Lipinski definition) is 1. The van der Waals surface area contributed by atoms with Crippen LogP contribution in [0.1, 0.15) is 66.2 Å². The van der Waals surface area contributed by atoms with Crippen LogP contribution in [0.15, 0.2) is 0 Å². The minimum atomic E-state index is 0.861. The molecule has 1 saturated heterocycles. The molecule has 0 amide bonds. The summed E-state index contributed by atoms with van der Waals surface area (Å²) in [4.78, 5) is 2.76. The lowest BCUT2D eigenvalue weighted by Crippen LogP contribution is -2.41. The van der Waals surface area contributed by atoms with Gasteiger partial charge < -0.3 is 4.90 Å². The first-order valence-electron chi connectivity index (χ1n) is 7.41. The summed E-state index contributed by atoms with van der Waals surface area (Å²) in [6.07, 6.45) is 8.40. The fraction of sp³-hybridized carbons (Fsp3) is 1.00. The van der Waals surface area contributed by atoms with E-state index in [0.29, 0.717) is 0 Å². The van der Waals surface area contributed by atoms with E-state index in [1.807, 2.05) is 0 Å². The second-order valence-corrected chi connectivity index (χ2v) is 5.92. The van der Waals surface area contributed by atoms with Crippen molar-refractivity contribution in [2.24, 2.45) is 11.8 Å². The molecule has 1 aliphatic rings. The van der Waals surface area contributed by atoms with E-state index >= 15 is 0 Å². The highest BCUT2D eigenvalue weighted by atomic mass is 15.2. The lowest BCUT2D eigenvalue weighted by Gasteiger charge is -2.37. The Morgan fingerprint density at radius 2 is 1.69 bits per heavy atom. The van der Waals surface area contributed by atoms with Gasteiger partial charge in [-0.2, -0.15) is 0 Å². The smallest absolute Gasteiger partial charge is 0.00927 e. The average Bonchev–Trinajstić information content (AvgIpc) is 2.30. The maximum atomic E-state index is 2.76. The Kier molecular flexibility index (Phi) is 6.41. The third-order valence-electron chi connectivity index (χ3n) is 4.29. The fourth-order valence-electron chi connectivity index (χ4n) is 2.90. The number of nitrogens with zero attached hydrogens (tertiary/aromatic N) is 1. The molecule has 16 heavy (non-hydrogen) atoms. The van der Waals surface area contributed by atoms with Gasteiger partial charge in [-0.1, -0.05) is 34.1 Å². The van der Waals surface area contributed by atoms with Crippen LogP contribution in [0.5, 0.6) is 0 Å². The van der Waals surface area contributed by atoms with Crippen LogP contribution in [0.25, 0.3) is 0 Å². The second kappa shape index (κ2) is 7.32. The Bertz CT molecular complexity index is 168. The maximum absolute atomic E-state index is 2.76. The van der Waals surface area contributed by atoms with E-state index in [2.05, 4.69) is 32.6 Å². The molecule has 0 spiro atoms. The minimum Gasteiger partial charge on any atom is -0.300 e. The lowest BCUT2D eigenvalue weighted by molar-refractivity contribution is 0.118. The molecule has 0 saturated carbocycles. The summed E-state index contributed by atoms with van der Waals surface area (Å²) in [6.45, 7) is 12.1. The standard InChI is InChI=1S/C15H31N/c1-5-14-9-11-16(12-10-14)15(6-2)8-7-13(3)4/h13-15H,5-12H2,1-4H3.